The number of fused-ring (bicyclic) bond motifs is 2. The molecule has 12 heteroatoms. The molecule has 0 radical (unpaired) electrons. The molecule has 1 aromatic carbocycles. The maximum atomic E-state index is 13.0. The summed E-state index contributed by atoms with van der Waals surface area (Å²) in [5, 5.41) is 18.0. The highest BCUT2D eigenvalue weighted by molar-refractivity contribution is 7.89. The molecule has 1 aliphatic heterocycles. The third-order valence-corrected chi connectivity index (χ3v) is 8.74. The number of benzene rings is 1. The monoisotopic (exact) mass is 538 g/mol. The van der Waals surface area contributed by atoms with Crippen molar-refractivity contribution in [1.82, 2.24) is 19.1 Å². The molecule has 0 saturated heterocycles. The second-order valence-electron chi connectivity index (χ2n) is 10.8. The van der Waals surface area contributed by atoms with Crippen LogP contribution in [0.1, 0.15) is 58.1 Å². The van der Waals surface area contributed by atoms with Gasteiger partial charge in [-0.15, -0.1) is 0 Å². The number of nitrogens with one attached hydrogen (secondary N) is 2. The molecule has 1 unspecified atom stereocenters. The van der Waals surface area contributed by atoms with Gasteiger partial charge in [0.25, 0.3) is 5.56 Å². The van der Waals surface area contributed by atoms with Crippen molar-refractivity contribution in [2.45, 2.75) is 69.5 Å². The third-order valence-electron chi connectivity index (χ3n) is 6.85. The molecule has 38 heavy (non-hydrogen) atoms. The Labute approximate surface area is 220 Å². The number of nitrogens with zero attached hydrogens (tertiary/aromatic N) is 4. The van der Waals surface area contributed by atoms with Crippen LogP contribution in [-0.4, -0.2) is 45.6 Å². The molecule has 2 aliphatic rings. The summed E-state index contributed by atoms with van der Waals surface area (Å²) < 4.78 is 34.2. The first kappa shape index (κ1) is 25.9. The number of esters is 1. The fourth-order valence-electron chi connectivity index (χ4n) is 5.24. The minimum absolute atomic E-state index is 0.0219. The Bertz CT molecular complexity index is 1610. The van der Waals surface area contributed by atoms with E-state index in [0.29, 0.717) is 28.0 Å². The van der Waals surface area contributed by atoms with Gasteiger partial charge in [0.05, 0.1) is 28.4 Å². The van der Waals surface area contributed by atoms with Gasteiger partial charge in [0.15, 0.2) is 5.82 Å². The van der Waals surface area contributed by atoms with Gasteiger partial charge in [-0.25, -0.2) is 8.42 Å². The lowest BCUT2D eigenvalue weighted by molar-refractivity contribution is -0.155. The normalized spacial score (nSPS) is 21.1. The number of hydrogen-bond acceptors (Lipinski definition) is 8. The molecule has 0 bridgehead atoms. The Kier molecular flexibility index (Phi) is 6.53. The summed E-state index contributed by atoms with van der Waals surface area (Å²) in [7, 11) is -3.85. The Morgan fingerprint density at radius 2 is 2.03 bits per heavy atom. The summed E-state index contributed by atoms with van der Waals surface area (Å²) in [5.74, 6) is -0.488. The number of sulfonamides is 1. The fourth-order valence-corrected chi connectivity index (χ4v) is 6.79. The van der Waals surface area contributed by atoms with E-state index in [4.69, 9.17) is 9.84 Å². The van der Waals surface area contributed by atoms with E-state index in [9.17, 15) is 23.3 Å². The van der Waals surface area contributed by atoms with Gasteiger partial charge >= 0.3 is 5.97 Å². The van der Waals surface area contributed by atoms with E-state index in [0.717, 1.165) is 30.0 Å². The number of anilines is 2. The molecular formula is C26H30N6O5S. The van der Waals surface area contributed by atoms with Gasteiger partial charge in [0.1, 0.15) is 17.5 Å². The lowest BCUT2D eigenvalue weighted by Gasteiger charge is -2.27. The van der Waals surface area contributed by atoms with Crippen LogP contribution in [0.3, 0.4) is 0 Å². The van der Waals surface area contributed by atoms with E-state index in [2.05, 4.69) is 16.4 Å². The van der Waals surface area contributed by atoms with Crippen LogP contribution in [0.2, 0.25) is 0 Å². The molecule has 1 saturated carbocycles. The van der Waals surface area contributed by atoms with Gasteiger partial charge < -0.3 is 15.0 Å². The number of aromatic amines is 1. The standard InChI is InChI=1S/C26H30N6O5S/c1-26(2,3)37-22(33)15-31-14-17-12-18(8-9-21(17)38(31,35)36)29-24-23-20(10-11-28-25(23)34)32(30-24)19-7-5-4-6-16(19)13-27/h8-12,16,19H,4-7,14-15H2,1-3H3,(H,28,34)(H,29,30)/t16?,19-/m0/s1. The predicted molar refractivity (Wildman–Crippen MR) is 140 cm³/mol. The lowest BCUT2D eigenvalue weighted by Crippen LogP contribution is -2.35. The Morgan fingerprint density at radius 3 is 2.76 bits per heavy atom. The Balaban J connectivity index is 1.45. The molecule has 3 aromatic rings. The van der Waals surface area contributed by atoms with E-state index in [1.54, 1.807) is 49.8 Å². The second kappa shape index (κ2) is 9.56. The number of ether oxygens (including phenoxy) is 1. The SMILES string of the molecule is CC(C)(C)OC(=O)CN1Cc2cc(Nc3nn([C@H]4CCCCC4C#N)c4cc[nH]c(=O)c34)ccc2S1(=O)=O. The Morgan fingerprint density at radius 1 is 1.26 bits per heavy atom. The van der Waals surface area contributed by atoms with Gasteiger partial charge in [0, 0.05) is 18.4 Å². The maximum Gasteiger partial charge on any atom is 0.321 e. The first-order valence-electron chi connectivity index (χ1n) is 12.6. The van der Waals surface area contributed by atoms with Gasteiger partial charge in [-0.3, -0.25) is 14.3 Å². The number of hydrogen-bond donors (Lipinski definition) is 2. The number of carbonyl (C=O) groups is 1. The number of H-pyrrole nitrogens is 1. The van der Waals surface area contributed by atoms with Crippen LogP contribution in [0.25, 0.3) is 10.9 Å². The summed E-state index contributed by atoms with van der Waals surface area (Å²) in [6, 6.07) is 8.81. The molecule has 0 amide bonds. The van der Waals surface area contributed by atoms with Crippen molar-refractivity contribution in [3.63, 3.8) is 0 Å². The van der Waals surface area contributed by atoms with Crippen molar-refractivity contribution in [2.75, 3.05) is 11.9 Å². The van der Waals surface area contributed by atoms with Crippen molar-refractivity contribution in [3.05, 3.63) is 46.4 Å². The minimum atomic E-state index is -3.85. The molecule has 5 rings (SSSR count). The van der Waals surface area contributed by atoms with Gasteiger partial charge in [-0.05, 0) is 63.4 Å². The summed E-state index contributed by atoms with van der Waals surface area (Å²) in [6.07, 6.45) is 5.12. The van der Waals surface area contributed by atoms with Crippen molar-refractivity contribution in [2.24, 2.45) is 5.92 Å². The number of aromatic nitrogens is 3. The number of rotatable bonds is 5. The van der Waals surface area contributed by atoms with Gasteiger partial charge in [0.2, 0.25) is 10.0 Å². The van der Waals surface area contributed by atoms with Gasteiger partial charge in [-0.2, -0.15) is 14.7 Å². The van der Waals surface area contributed by atoms with Crippen molar-refractivity contribution in [1.29, 1.82) is 5.26 Å². The number of nitriles is 1. The van der Waals surface area contributed by atoms with Crippen LogP contribution in [0, 0.1) is 17.2 Å². The molecule has 2 aromatic heterocycles. The maximum absolute atomic E-state index is 13.0. The topological polar surface area (TPSA) is 150 Å². The summed E-state index contributed by atoms with van der Waals surface area (Å²) in [5.41, 5.74) is 0.671. The van der Waals surface area contributed by atoms with Crippen LogP contribution in [0.5, 0.6) is 0 Å². The highest BCUT2D eigenvalue weighted by Gasteiger charge is 2.37. The van der Waals surface area contributed by atoms with Crippen molar-refractivity contribution >= 4 is 38.4 Å². The summed E-state index contributed by atoms with van der Waals surface area (Å²) >= 11 is 0. The molecule has 1 aliphatic carbocycles. The molecule has 1 fully saturated rings. The Hall–Kier alpha value is -3.69. The molecule has 2 N–H and O–H groups in total. The van der Waals surface area contributed by atoms with E-state index in [1.165, 1.54) is 6.07 Å². The van der Waals surface area contributed by atoms with Crippen molar-refractivity contribution in [3.8, 4) is 6.07 Å². The zero-order chi connectivity index (χ0) is 27.2. The molecular weight excluding hydrogens is 508 g/mol. The van der Waals surface area contributed by atoms with E-state index < -0.39 is 21.6 Å². The summed E-state index contributed by atoms with van der Waals surface area (Å²) in [6.45, 7) is 4.81. The second-order valence-corrected chi connectivity index (χ2v) is 12.7. The van der Waals surface area contributed by atoms with Crippen molar-refractivity contribution < 1.29 is 17.9 Å². The van der Waals surface area contributed by atoms with E-state index in [-0.39, 0.29) is 35.5 Å². The van der Waals surface area contributed by atoms with Crippen LogP contribution >= 0.6 is 0 Å². The van der Waals surface area contributed by atoms with E-state index in [1.807, 2.05) is 0 Å². The zero-order valence-electron chi connectivity index (χ0n) is 21.5. The number of carbonyl (C=O) groups excluding carboxylic acids is 1. The minimum Gasteiger partial charge on any atom is -0.459 e. The van der Waals surface area contributed by atoms with E-state index >= 15 is 0 Å². The molecule has 2 atom stereocenters. The van der Waals surface area contributed by atoms with Gasteiger partial charge in [-0.1, -0.05) is 12.8 Å². The fraction of sp³-hybridized carbons (Fsp3) is 0.462. The highest BCUT2D eigenvalue weighted by Crippen LogP contribution is 2.37. The van der Waals surface area contributed by atoms with Crippen LogP contribution in [0.4, 0.5) is 11.5 Å². The molecule has 3 heterocycles. The quantitative estimate of drug-likeness (QED) is 0.468. The number of pyridine rings is 1. The van der Waals surface area contributed by atoms with Crippen LogP contribution in [-0.2, 0) is 26.1 Å². The zero-order valence-corrected chi connectivity index (χ0v) is 22.3. The molecule has 200 valence electrons. The van der Waals surface area contributed by atoms with Crippen LogP contribution < -0.4 is 10.9 Å². The lowest BCUT2D eigenvalue weighted by atomic mass is 9.85. The highest BCUT2D eigenvalue weighted by atomic mass is 32.2. The smallest absolute Gasteiger partial charge is 0.321 e. The van der Waals surface area contributed by atoms with Crippen LogP contribution in [0.15, 0.2) is 40.2 Å². The summed E-state index contributed by atoms with van der Waals surface area (Å²) in [4.78, 5) is 27.9. The molecule has 11 nitrogen and oxygen atoms in total. The average molecular weight is 539 g/mol. The first-order valence-corrected chi connectivity index (χ1v) is 14.0. The largest absolute Gasteiger partial charge is 0.459 e. The average Bonchev–Trinajstić information content (AvgIpc) is 3.32. The third kappa shape index (κ3) is 4.79. The first-order chi connectivity index (χ1) is 18.0. The molecule has 0 spiro atoms. The predicted octanol–water partition coefficient (Wildman–Crippen LogP) is 3.57.